The van der Waals surface area contributed by atoms with Gasteiger partial charge in [0.1, 0.15) is 11.8 Å². The summed E-state index contributed by atoms with van der Waals surface area (Å²) in [6.07, 6.45) is 9.04. The predicted molar refractivity (Wildman–Crippen MR) is 115 cm³/mol. The first kappa shape index (κ1) is 22.8. The van der Waals surface area contributed by atoms with E-state index in [1.807, 2.05) is 13.0 Å². The number of hydrogen-bond acceptors (Lipinski definition) is 5. The molecule has 1 aromatic carbocycles. The van der Waals surface area contributed by atoms with Crippen LogP contribution in [0.25, 0.3) is 0 Å². The number of nitrogens with zero attached hydrogens (tertiary/aromatic N) is 1. The Hall–Kier alpha value is -1.90. The highest BCUT2D eigenvalue weighted by Crippen LogP contribution is 2.35. The van der Waals surface area contributed by atoms with Crippen LogP contribution in [0.5, 0.6) is 5.75 Å². The van der Waals surface area contributed by atoms with Crippen LogP contribution in [0.1, 0.15) is 76.3 Å². The van der Waals surface area contributed by atoms with Crippen LogP contribution in [0, 0.1) is 29.1 Å². The van der Waals surface area contributed by atoms with Gasteiger partial charge >= 0.3 is 5.97 Å². The van der Waals surface area contributed by atoms with Gasteiger partial charge in [0, 0.05) is 11.8 Å². The maximum absolute atomic E-state index is 12.6. The first-order chi connectivity index (χ1) is 14.6. The third-order valence-corrected chi connectivity index (χ3v) is 6.48. The zero-order valence-corrected chi connectivity index (χ0v) is 18.4. The van der Waals surface area contributed by atoms with Crippen molar-refractivity contribution in [3.05, 3.63) is 29.3 Å². The fourth-order valence-electron chi connectivity index (χ4n) is 4.47. The van der Waals surface area contributed by atoms with Crippen LogP contribution in [-0.2, 0) is 20.7 Å². The van der Waals surface area contributed by atoms with Crippen molar-refractivity contribution >= 4 is 5.97 Å². The van der Waals surface area contributed by atoms with E-state index in [2.05, 4.69) is 13.0 Å². The molecule has 1 aromatic rings. The van der Waals surface area contributed by atoms with Crippen molar-refractivity contribution < 1.29 is 19.0 Å². The van der Waals surface area contributed by atoms with E-state index < -0.39 is 0 Å². The number of hydrogen-bond donors (Lipinski definition) is 0. The summed E-state index contributed by atoms with van der Waals surface area (Å²) in [6.45, 7) is 5.84. The number of nitriles is 1. The van der Waals surface area contributed by atoms with Gasteiger partial charge in [0.15, 0.2) is 6.29 Å². The molecular formula is C25H35NO4. The molecule has 1 saturated heterocycles. The van der Waals surface area contributed by atoms with Crippen molar-refractivity contribution in [2.24, 2.45) is 17.8 Å². The quantitative estimate of drug-likeness (QED) is 0.324. The summed E-state index contributed by atoms with van der Waals surface area (Å²) >= 11 is 0. The Morgan fingerprint density at radius 2 is 1.87 bits per heavy atom. The summed E-state index contributed by atoms with van der Waals surface area (Å²) in [6, 6.07) is 7.58. The molecule has 0 bridgehead atoms. The zero-order chi connectivity index (χ0) is 21.3. The molecule has 0 amide bonds. The van der Waals surface area contributed by atoms with Crippen LogP contribution in [0.15, 0.2) is 18.2 Å². The molecule has 1 aliphatic heterocycles. The van der Waals surface area contributed by atoms with Gasteiger partial charge in [-0.1, -0.05) is 39.2 Å². The van der Waals surface area contributed by atoms with Crippen molar-refractivity contribution in [3.63, 3.8) is 0 Å². The average molecular weight is 414 g/mol. The molecule has 0 unspecified atom stereocenters. The molecule has 0 radical (unpaired) electrons. The van der Waals surface area contributed by atoms with E-state index >= 15 is 0 Å². The molecule has 0 atom stereocenters. The van der Waals surface area contributed by atoms with Crippen molar-refractivity contribution in [3.8, 4) is 11.8 Å². The number of rotatable bonds is 8. The standard InChI is InChI=1S/C25H35NO4/c1-3-5-6-7-19-16-28-25(29-17-19)21-11-9-20(10-12-21)24(27)30-23-13-8-18(4-2)14-22(23)15-26/h8,13-14,19-21,25H,3-7,9-12,16-17H2,1-2H3. The van der Waals surface area contributed by atoms with E-state index in [1.165, 1.54) is 25.7 Å². The fraction of sp³-hybridized carbons (Fsp3) is 0.680. The van der Waals surface area contributed by atoms with Crippen LogP contribution in [0.3, 0.4) is 0 Å². The van der Waals surface area contributed by atoms with Gasteiger partial charge in [0.2, 0.25) is 0 Å². The maximum atomic E-state index is 12.6. The summed E-state index contributed by atoms with van der Waals surface area (Å²) in [5.74, 6) is 0.895. The summed E-state index contributed by atoms with van der Waals surface area (Å²) < 4.78 is 17.7. The highest BCUT2D eigenvalue weighted by Gasteiger charge is 2.35. The molecule has 0 aromatic heterocycles. The van der Waals surface area contributed by atoms with Crippen molar-refractivity contribution in [1.82, 2.24) is 0 Å². The van der Waals surface area contributed by atoms with Crippen LogP contribution in [0.4, 0.5) is 0 Å². The number of aryl methyl sites for hydroxylation is 1. The molecule has 30 heavy (non-hydrogen) atoms. The molecule has 5 nitrogen and oxygen atoms in total. The van der Waals surface area contributed by atoms with Crippen LogP contribution < -0.4 is 4.74 Å². The van der Waals surface area contributed by atoms with Crippen LogP contribution in [-0.4, -0.2) is 25.5 Å². The normalized spacial score (nSPS) is 26.7. The van der Waals surface area contributed by atoms with Gasteiger partial charge in [-0.2, -0.15) is 5.26 Å². The van der Waals surface area contributed by atoms with Crippen LogP contribution in [0.2, 0.25) is 0 Å². The second-order valence-corrected chi connectivity index (χ2v) is 8.73. The van der Waals surface area contributed by atoms with Gasteiger partial charge in [-0.15, -0.1) is 0 Å². The number of esters is 1. The molecular weight excluding hydrogens is 378 g/mol. The molecule has 1 saturated carbocycles. The molecule has 164 valence electrons. The minimum absolute atomic E-state index is 0.121. The minimum Gasteiger partial charge on any atom is -0.425 e. The second kappa shape index (κ2) is 11.5. The Morgan fingerprint density at radius 3 is 2.50 bits per heavy atom. The van der Waals surface area contributed by atoms with Gasteiger partial charge in [0.05, 0.1) is 24.7 Å². The third kappa shape index (κ3) is 6.06. The number of ether oxygens (including phenoxy) is 3. The molecule has 0 N–H and O–H groups in total. The average Bonchev–Trinajstić information content (AvgIpc) is 2.80. The third-order valence-electron chi connectivity index (χ3n) is 6.48. The number of unbranched alkanes of at least 4 members (excludes halogenated alkanes) is 2. The largest absolute Gasteiger partial charge is 0.425 e. The molecule has 5 heteroatoms. The number of carbonyl (C=O) groups excluding carboxylic acids is 1. The molecule has 1 heterocycles. The van der Waals surface area contributed by atoms with Gasteiger partial charge in [-0.05, 0) is 56.2 Å². The SMILES string of the molecule is CCCCCC1COC(C2CCC(C(=O)Oc3ccc(CC)cc3C#N)CC2)OC1. The fourth-order valence-corrected chi connectivity index (χ4v) is 4.47. The van der Waals surface area contributed by atoms with E-state index in [0.717, 1.165) is 50.9 Å². The van der Waals surface area contributed by atoms with Gasteiger partial charge in [0.25, 0.3) is 0 Å². The highest BCUT2D eigenvalue weighted by atomic mass is 16.7. The van der Waals surface area contributed by atoms with E-state index in [0.29, 0.717) is 23.1 Å². The summed E-state index contributed by atoms with van der Waals surface area (Å²) in [7, 11) is 0. The van der Waals surface area contributed by atoms with Crippen LogP contribution >= 0.6 is 0 Å². The molecule has 2 fully saturated rings. The summed E-state index contributed by atoms with van der Waals surface area (Å²) in [4.78, 5) is 12.6. The highest BCUT2D eigenvalue weighted by molar-refractivity contribution is 5.76. The second-order valence-electron chi connectivity index (χ2n) is 8.73. The Morgan fingerprint density at radius 1 is 1.13 bits per heavy atom. The maximum Gasteiger partial charge on any atom is 0.314 e. The lowest BCUT2D eigenvalue weighted by molar-refractivity contribution is -0.230. The van der Waals surface area contributed by atoms with Gasteiger partial charge in [-0.3, -0.25) is 4.79 Å². The Labute approximate surface area is 180 Å². The van der Waals surface area contributed by atoms with Gasteiger partial charge < -0.3 is 14.2 Å². The summed E-state index contributed by atoms with van der Waals surface area (Å²) in [5.41, 5.74) is 1.49. The lowest BCUT2D eigenvalue weighted by Crippen LogP contribution is -2.39. The predicted octanol–water partition coefficient (Wildman–Crippen LogP) is 5.40. The topological polar surface area (TPSA) is 68.5 Å². The van der Waals surface area contributed by atoms with Crippen molar-refractivity contribution in [1.29, 1.82) is 5.26 Å². The molecule has 0 spiro atoms. The Kier molecular flexibility index (Phi) is 8.72. The minimum atomic E-state index is -0.226. The first-order valence-corrected chi connectivity index (χ1v) is 11.6. The van der Waals surface area contributed by atoms with E-state index in [1.54, 1.807) is 12.1 Å². The Balaban J connectivity index is 1.43. The number of carbonyl (C=O) groups is 1. The van der Waals surface area contributed by atoms with Crippen molar-refractivity contribution in [2.45, 2.75) is 77.9 Å². The van der Waals surface area contributed by atoms with E-state index in [9.17, 15) is 10.1 Å². The Bertz CT molecular complexity index is 725. The van der Waals surface area contributed by atoms with E-state index in [-0.39, 0.29) is 18.2 Å². The molecule has 2 aliphatic rings. The monoisotopic (exact) mass is 413 g/mol. The lowest BCUT2D eigenvalue weighted by atomic mass is 9.81. The molecule has 1 aliphatic carbocycles. The molecule has 3 rings (SSSR count). The van der Waals surface area contributed by atoms with Crippen molar-refractivity contribution in [2.75, 3.05) is 13.2 Å². The lowest BCUT2D eigenvalue weighted by Gasteiger charge is -2.37. The van der Waals surface area contributed by atoms with E-state index in [4.69, 9.17) is 14.2 Å². The van der Waals surface area contributed by atoms with Gasteiger partial charge in [-0.25, -0.2) is 0 Å². The zero-order valence-electron chi connectivity index (χ0n) is 18.4. The smallest absolute Gasteiger partial charge is 0.314 e. The first-order valence-electron chi connectivity index (χ1n) is 11.6. The summed E-state index contributed by atoms with van der Waals surface area (Å²) in [5, 5.41) is 9.35. The number of benzene rings is 1.